The van der Waals surface area contributed by atoms with Crippen LogP contribution in [-0.4, -0.2) is 63.1 Å². The Balaban J connectivity index is 1.83. The summed E-state index contributed by atoms with van der Waals surface area (Å²) in [5.41, 5.74) is 4.79. The minimum atomic E-state index is -0.340. The first-order valence-corrected chi connectivity index (χ1v) is 10.9. The number of esters is 1. The van der Waals surface area contributed by atoms with Gasteiger partial charge < -0.3 is 19.1 Å². The molecule has 2 heterocycles. The van der Waals surface area contributed by atoms with Crippen LogP contribution >= 0.6 is 0 Å². The fourth-order valence-electron chi connectivity index (χ4n) is 4.53. The van der Waals surface area contributed by atoms with E-state index in [1.165, 1.54) is 12.7 Å². The van der Waals surface area contributed by atoms with Gasteiger partial charge in [0.2, 0.25) is 0 Å². The lowest BCUT2D eigenvalue weighted by molar-refractivity contribution is 0.0600. The van der Waals surface area contributed by atoms with Crippen LogP contribution in [0.3, 0.4) is 0 Å². The van der Waals surface area contributed by atoms with Gasteiger partial charge in [-0.25, -0.2) is 4.79 Å². The van der Waals surface area contributed by atoms with Crippen molar-refractivity contribution in [3.8, 4) is 11.5 Å². The minimum Gasteiger partial charge on any atom is -0.490 e. The number of carbonyl (C=O) groups excluding carboxylic acids is 1. The number of fused-ring (bicyclic) bond motifs is 3. The molecule has 0 spiro atoms. The maximum absolute atomic E-state index is 11.8. The second-order valence-electron chi connectivity index (χ2n) is 8.02. The lowest BCUT2D eigenvalue weighted by Gasteiger charge is -2.39. The predicted octanol–water partition coefficient (Wildman–Crippen LogP) is 3.91. The molecule has 0 bridgehead atoms. The van der Waals surface area contributed by atoms with E-state index in [1.54, 1.807) is 12.1 Å². The van der Waals surface area contributed by atoms with Gasteiger partial charge in [0.1, 0.15) is 0 Å². The maximum atomic E-state index is 11.8. The molecule has 2 aromatic rings. The van der Waals surface area contributed by atoms with Gasteiger partial charge in [-0.1, -0.05) is 12.1 Å². The highest BCUT2D eigenvalue weighted by molar-refractivity contribution is 6.15. The fourth-order valence-corrected chi connectivity index (χ4v) is 4.53. The molecule has 31 heavy (non-hydrogen) atoms. The molecule has 0 aliphatic carbocycles. The van der Waals surface area contributed by atoms with Crippen LogP contribution in [0.15, 0.2) is 41.4 Å². The number of hydrogen-bond donors (Lipinski definition) is 0. The Morgan fingerprint density at radius 1 is 1.10 bits per heavy atom. The van der Waals surface area contributed by atoms with E-state index in [4.69, 9.17) is 19.2 Å². The summed E-state index contributed by atoms with van der Waals surface area (Å²) in [7, 11) is 3.56. The first-order valence-electron chi connectivity index (χ1n) is 10.9. The van der Waals surface area contributed by atoms with Gasteiger partial charge in [0.25, 0.3) is 0 Å². The molecule has 0 N–H and O–H groups in total. The Morgan fingerprint density at radius 3 is 2.42 bits per heavy atom. The number of benzene rings is 2. The van der Waals surface area contributed by atoms with Gasteiger partial charge in [0.05, 0.1) is 37.6 Å². The molecular formula is C25H30N2O4. The quantitative estimate of drug-likeness (QED) is 0.661. The summed E-state index contributed by atoms with van der Waals surface area (Å²) < 4.78 is 16.7. The van der Waals surface area contributed by atoms with Crippen LogP contribution in [0.5, 0.6) is 11.5 Å². The standard InChI is InChI=1S/C25H30N2O4/c1-5-30-22-13-18-19(14-23(22)31-6-2)24(26-21-11-12-27(3)15-20(18)21)16-7-9-17(10-8-16)25(28)29-4/h7-10,13-14,20-21H,5-6,11-12,15H2,1-4H3/t20-,21?/m0/s1. The molecule has 2 aliphatic rings. The summed E-state index contributed by atoms with van der Waals surface area (Å²) in [6, 6.07) is 11.9. The lowest BCUT2D eigenvalue weighted by atomic mass is 9.79. The maximum Gasteiger partial charge on any atom is 0.337 e. The molecule has 0 saturated carbocycles. The Kier molecular flexibility index (Phi) is 6.28. The molecule has 2 atom stereocenters. The number of carbonyl (C=O) groups is 1. The third-order valence-corrected chi connectivity index (χ3v) is 6.02. The van der Waals surface area contributed by atoms with Crippen molar-refractivity contribution in [3.63, 3.8) is 0 Å². The molecule has 1 saturated heterocycles. The van der Waals surface area contributed by atoms with Crippen molar-refractivity contribution < 1.29 is 19.0 Å². The molecule has 1 unspecified atom stereocenters. The van der Waals surface area contributed by atoms with Gasteiger partial charge in [-0.3, -0.25) is 4.99 Å². The monoisotopic (exact) mass is 422 g/mol. The highest BCUT2D eigenvalue weighted by Gasteiger charge is 2.36. The molecule has 2 aromatic carbocycles. The molecule has 0 aromatic heterocycles. The van der Waals surface area contributed by atoms with Crippen molar-refractivity contribution in [2.75, 3.05) is 40.5 Å². The number of methoxy groups -OCH3 is 1. The largest absolute Gasteiger partial charge is 0.490 e. The van der Waals surface area contributed by atoms with Crippen molar-refractivity contribution in [1.82, 2.24) is 4.90 Å². The average molecular weight is 423 g/mol. The second-order valence-corrected chi connectivity index (χ2v) is 8.02. The van der Waals surface area contributed by atoms with Crippen LogP contribution in [0.2, 0.25) is 0 Å². The smallest absolute Gasteiger partial charge is 0.337 e. The van der Waals surface area contributed by atoms with Gasteiger partial charge in [-0.05, 0) is 63.7 Å². The molecule has 0 radical (unpaired) electrons. The van der Waals surface area contributed by atoms with E-state index in [1.807, 2.05) is 26.0 Å². The Morgan fingerprint density at radius 2 is 1.77 bits per heavy atom. The molecule has 0 amide bonds. The molecule has 164 valence electrons. The molecule has 6 heteroatoms. The highest BCUT2D eigenvalue weighted by Crippen LogP contribution is 2.42. The van der Waals surface area contributed by atoms with Crippen molar-refractivity contribution in [2.45, 2.75) is 32.2 Å². The third kappa shape index (κ3) is 4.17. The van der Waals surface area contributed by atoms with Crippen LogP contribution in [0.25, 0.3) is 0 Å². The first-order chi connectivity index (χ1) is 15.0. The summed E-state index contributed by atoms with van der Waals surface area (Å²) >= 11 is 0. The second kappa shape index (κ2) is 9.10. The Labute approximate surface area is 183 Å². The zero-order chi connectivity index (χ0) is 22.0. The number of aliphatic imine (C=N–C) groups is 1. The molecule has 2 aliphatic heterocycles. The third-order valence-electron chi connectivity index (χ3n) is 6.02. The normalized spacial score (nSPS) is 20.3. The number of piperidine rings is 1. The van der Waals surface area contributed by atoms with Crippen LogP contribution in [0, 0.1) is 0 Å². The van der Waals surface area contributed by atoms with E-state index < -0.39 is 0 Å². The number of ether oxygens (including phenoxy) is 3. The van der Waals surface area contributed by atoms with E-state index in [2.05, 4.69) is 24.1 Å². The van der Waals surface area contributed by atoms with Crippen molar-refractivity contribution in [3.05, 3.63) is 58.7 Å². The number of rotatable bonds is 6. The zero-order valence-corrected chi connectivity index (χ0v) is 18.7. The van der Waals surface area contributed by atoms with E-state index in [9.17, 15) is 4.79 Å². The fraction of sp³-hybridized carbons (Fsp3) is 0.440. The van der Waals surface area contributed by atoms with Crippen molar-refractivity contribution in [1.29, 1.82) is 0 Å². The van der Waals surface area contributed by atoms with Gasteiger partial charge >= 0.3 is 5.97 Å². The first kappa shape index (κ1) is 21.4. The summed E-state index contributed by atoms with van der Waals surface area (Å²) in [5.74, 6) is 1.51. The summed E-state index contributed by atoms with van der Waals surface area (Å²) in [6.07, 6.45) is 1.02. The molecule has 4 rings (SSSR count). The van der Waals surface area contributed by atoms with E-state index in [-0.39, 0.29) is 12.0 Å². The molecule has 6 nitrogen and oxygen atoms in total. The van der Waals surface area contributed by atoms with Crippen LogP contribution in [0.4, 0.5) is 0 Å². The van der Waals surface area contributed by atoms with E-state index in [0.717, 1.165) is 47.8 Å². The van der Waals surface area contributed by atoms with Gasteiger partial charge in [-0.15, -0.1) is 0 Å². The van der Waals surface area contributed by atoms with Gasteiger partial charge in [-0.2, -0.15) is 0 Å². The number of likely N-dealkylation sites (N-methyl/N-ethyl adjacent to an activating group) is 1. The van der Waals surface area contributed by atoms with Crippen LogP contribution in [-0.2, 0) is 4.74 Å². The average Bonchev–Trinajstić information content (AvgIpc) is 2.79. The van der Waals surface area contributed by atoms with Crippen LogP contribution in [0.1, 0.15) is 53.2 Å². The Bertz CT molecular complexity index is 984. The van der Waals surface area contributed by atoms with Gasteiger partial charge in [0, 0.05) is 23.6 Å². The summed E-state index contributed by atoms with van der Waals surface area (Å²) in [4.78, 5) is 19.4. The topological polar surface area (TPSA) is 60.4 Å². The minimum absolute atomic E-state index is 0.228. The van der Waals surface area contributed by atoms with E-state index in [0.29, 0.717) is 24.7 Å². The van der Waals surface area contributed by atoms with E-state index >= 15 is 0 Å². The molecular weight excluding hydrogens is 392 g/mol. The summed E-state index contributed by atoms with van der Waals surface area (Å²) in [5, 5.41) is 0. The van der Waals surface area contributed by atoms with Crippen LogP contribution < -0.4 is 9.47 Å². The lowest BCUT2D eigenvalue weighted by Crippen LogP contribution is -2.41. The number of hydrogen-bond acceptors (Lipinski definition) is 6. The number of nitrogens with zero attached hydrogens (tertiary/aromatic N) is 2. The van der Waals surface area contributed by atoms with Crippen molar-refractivity contribution >= 4 is 11.7 Å². The van der Waals surface area contributed by atoms with Gasteiger partial charge in [0.15, 0.2) is 11.5 Å². The SMILES string of the molecule is CCOc1cc2c(cc1OCC)[C@@H]1CN(C)CCC1N=C2c1ccc(C(=O)OC)cc1. The zero-order valence-electron chi connectivity index (χ0n) is 18.7. The highest BCUT2D eigenvalue weighted by atomic mass is 16.5. The molecule has 1 fully saturated rings. The predicted molar refractivity (Wildman–Crippen MR) is 121 cm³/mol. The number of likely N-dealkylation sites (tertiary alicyclic amines) is 1. The van der Waals surface area contributed by atoms with Crippen molar-refractivity contribution in [2.24, 2.45) is 4.99 Å². The summed E-state index contributed by atoms with van der Waals surface area (Å²) in [6.45, 7) is 7.11. The Hall–Kier alpha value is -2.86.